The fraction of sp³-hybridized carbons (Fsp3) is 0.0652. The Balaban J connectivity index is 0.000000122. The van der Waals surface area contributed by atoms with Crippen LogP contribution in [-0.4, -0.2) is 48.2 Å². The summed E-state index contributed by atoms with van der Waals surface area (Å²) in [5.41, 5.74) is 17.5. The summed E-state index contributed by atoms with van der Waals surface area (Å²) in [6, 6.07) is 112. The fourth-order valence-corrected chi connectivity index (χ4v) is 13.5. The lowest BCUT2D eigenvalue weighted by Crippen LogP contribution is -2.41. The maximum absolute atomic E-state index is 6.27. The number of furan rings is 2. The van der Waals surface area contributed by atoms with E-state index in [0.29, 0.717) is 29.1 Å². The van der Waals surface area contributed by atoms with Crippen molar-refractivity contribution in [2.24, 2.45) is 0 Å². The van der Waals surface area contributed by atoms with Crippen LogP contribution in [0.4, 0.5) is 0 Å². The lowest BCUT2D eigenvalue weighted by molar-refractivity contribution is 0.00578. The predicted molar refractivity (Wildman–Crippen MR) is 425 cm³/mol. The fourth-order valence-electron chi connectivity index (χ4n) is 13.3. The number of halogens is 1. The van der Waals surface area contributed by atoms with E-state index in [1.807, 2.05) is 97.1 Å². The van der Waals surface area contributed by atoms with Gasteiger partial charge < -0.3 is 18.1 Å². The minimum absolute atomic E-state index is 0.154. The van der Waals surface area contributed by atoms with Gasteiger partial charge in [-0.3, -0.25) is 0 Å². The van der Waals surface area contributed by atoms with E-state index in [9.17, 15) is 0 Å². The molecule has 1 aliphatic rings. The van der Waals surface area contributed by atoms with Gasteiger partial charge in [0.15, 0.2) is 29.1 Å². The van der Waals surface area contributed by atoms with Crippen LogP contribution < -0.4 is 5.46 Å². The average Bonchev–Trinajstić information content (AvgIpc) is 1.64. The Kier molecular flexibility index (Phi) is 17.1. The Morgan fingerprint density at radius 2 is 0.529 bits per heavy atom. The van der Waals surface area contributed by atoms with Gasteiger partial charge in [0.05, 0.1) is 11.2 Å². The van der Waals surface area contributed by atoms with Crippen molar-refractivity contribution in [3.05, 3.63) is 333 Å². The Morgan fingerprint density at radius 1 is 0.240 bits per heavy atom. The highest BCUT2D eigenvalue weighted by Gasteiger charge is 2.51. The first-order valence-corrected chi connectivity index (χ1v) is 35.1. The zero-order valence-electron chi connectivity index (χ0n) is 57.4. The maximum Gasteiger partial charge on any atom is 0.494 e. The zero-order valence-corrected chi connectivity index (χ0v) is 58.2. The third-order valence-corrected chi connectivity index (χ3v) is 19.9. The molecule has 1 saturated heterocycles. The molecule has 1 aliphatic heterocycles. The molecule has 12 heteroatoms. The van der Waals surface area contributed by atoms with Crippen LogP contribution in [0.3, 0.4) is 0 Å². The molecule has 1 fully saturated rings. The van der Waals surface area contributed by atoms with E-state index in [-0.39, 0.29) is 23.6 Å². The van der Waals surface area contributed by atoms with Crippen LogP contribution >= 0.6 is 11.6 Å². The molecule has 498 valence electrons. The molecule has 0 N–H and O–H groups in total. The number of aromatic nitrogens is 6. The van der Waals surface area contributed by atoms with Gasteiger partial charge in [-0.15, -0.1) is 0 Å². The highest BCUT2D eigenvalue weighted by molar-refractivity contribution is 6.62. The molecule has 0 radical (unpaired) electrons. The van der Waals surface area contributed by atoms with Crippen molar-refractivity contribution in [1.82, 2.24) is 29.9 Å². The van der Waals surface area contributed by atoms with Crippen LogP contribution in [-0.2, 0) is 9.31 Å². The molecule has 19 rings (SSSR count). The first-order valence-electron chi connectivity index (χ1n) is 34.7. The Labute approximate surface area is 607 Å². The van der Waals surface area contributed by atoms with E-state index in [1.54, 1.807) is 0 Å². The van der Waals surface area contributed by atoms with Gasteiger partial charge in [0.2, 0.25) is 5.28 Å². The van der Waals surface area contributed by atoms with Crippen LogP contribution in [0.2, 0.25) is 5.28 Å². The first kappa shape index (κ1) is 64.8. The van der Waals surface area contributed by atoms with Crippen molar-refractivity contribution in [3.63, 3.8) is 0 Å². The van der Waals surface area contributed by atoms with E-state index >= 15 is 0 Å². The van der Waals surface area contributed by atoms with E-state index in [1.165, 1.54) is 43.8 Å². The normalized spacial score (nSPS) is 13.1. The number of benzene rings is 14. The zero-order chi connectivity index (χ0) is 70.3. The summed E-state index contributed by atoms with van der Waals surface area (Å²) in [6.45, 7) is 8.32. The van der Waals surface area contributed by atoms with Crippen LogP contribution in [0.1, 0.15) is 27.7 Å². The number of hydrogen-bond donors (Lipinski definition) is 0. The van der Waals surface area contributed by atoms with Gasteiger partial charge in [0.25, 0.3) is 0 Å². The molecule has 0 bridgehead atoms. The van der Waals surface area contributed by atoms with Crippen molar-refractivity contribution in [3.8, 4) is 101 Å². The van der Waals surface area contributed by atoms with Crippen molar-refractivity contribution in [1.29, 1.82) is 0 Å². The summed E-state index contributed by atoms with van der Waals surface area (Å²) in [5, 5.41) is 9.44. The van der Waals surface area contributed by atoms with Crippen molar-refractivity contribution in [2.75, 3.05) is 0 Å². The maximum atomic E-state index is 6.27. The molecule has 0 unspecified atom stereocenters. The molecule has 5 heterocycles. The van der Waals surface area contributed by atoms with Gasteiger partial charge in [0, 0.05) is 49.4 Å². The van der Waals surface area contributed by atoms with Crippen molar-refractivity contribution >= 4 is 89.6 Å². The third-order valence-electron chi connectivity index (χ3n) is 19.8. The topological polar surface area (TPSA) is 122 Å². The number of rotatable bonds is 10. The second kappa shape index (κ2) is 27.4. The van der Waals surface area contributed by atoms with Crippen LogP contribution in [0, 0.1) is 0 Å². The van der Waals surface area contributed by atoms with Crippen LogP contribution in [0.25, 0.3) is 167 Å². The van der Waals surface area contributed by atoms with Gasteiger partial charge in [-0.2, -0.15) is 9.97 Å². The van der Waals surface area contributed by atoms with Crippen LogP contribution in [0.15, 0.2) is 336 Å². The summed E-state index contributed by atoms with van der Waals surface area (Å²) in [5.74, 6) is 2.87. The molecule has 18 aromatic rings. The van der Waals surface area contributed by atoms with Gasteiger partial charge in [-0.25, -0.2) is 19.9 Å². The van der Waals surface area contributed by atoms with E-state index < -0.39 is 0 Å². The standard InChI is InChI=1S/C43H27N3O.C27H16ClN3O.C22H23BO2/c1-2-8-28(9-3-1)30-14-19-32(20-15-30)41-44-42(33-21-16-31(17-22-33)35-23-18-29-10-4-5-11-34(29)26-35)46-43(45-41)36-24-25-38-37-12-6-7-13-39(37)47-40(38)27-36;28-27-30-25(19-12-10-18(11-13-19)17-6-2-1-3-7-17)29-26(31-27)20-14-15-22-21-8-4-5-9-23(21)32-24(22)16-20;1-21(2)22(3,4)25-23(24-21)20-13-11-17(12-14-20)19-10-9-16-7-5-6-8-18(16)15-19/h1-27H;1-16H;5-15H,1-4H3. The Morgan fingerprint density at radius 3 is 0.952 bits per heavy atom. The van der Waals surface area contributed by atoms with Crippen LogP contribution in [0.5, 0.6) is 0 Å². The van der Waals surface area contributed by atoms with Crippen molar-refractivity contribution in [2.45, 2.75) is 38.9 Å². The molecular formula is C92H66BClN6O4. The molecule has 104 heavy (non-hydrogen) atoms. The Bertz CT molecular complexity index is 6170. The highest BCUT2D eigenvalue weighted by Crippen LogP contribution is 2.39. The summed E-state index contributed by atoms with van der Waals surface area (Å²) in [4.78, 5) is 28.4. The average molecular weight is 1370 g/mol. The molecule has 0 amide bonds. The first-order chi connectivity index (χ1) is 50.8. The summed E-state index contributed by atoms with van der Waals surface area (Å²) in [6.07, 6.45) is 0. The van der Waals surface area contributed by atoms with Gasteiger partial charge in [-0.05, 0) is 159 Å². The Hall–Kier alpha value is -12.5. The SMILES string of the molecule is CC1(C)OB(c2ccc(-c3ccc4ccccc4c3)cc2)OC1(C)C.Clc1nc(-c2ccc(-c3ccccc3)cc2)nc(-c2ccc3c(c2)oc2ccccc23)n1.c1ccc(-c2ccc(-c3nc(-c4ccc(-c5ccc6ccccc6c5)cc4)nc(-c4ccc5c(c4)oc4ccccc45)n3)cc2)cc1. The van der Waals surface area contributed by atoms with Gasteiger partial charge >= 0.3 is 7.12 Å². The quantitative estimate of drug-likeness (QED) is 0.122. The molecule has 0 atom stereocenters. The van der Waals surface area contributed by atoms with Crippen molar-refractivity contribution < 1.29 is 18.1 Å². The summed E-state index contributed by atoms with van der Waals surface area (Å²) >= 11 is 6.27. The van der Waals surface area contributed by atoms with E-state index in [2.05, 4.69) is 273 Å². The largest absolute Gasteiger partial charge is 0.494 e. The van der Waals surface area contributed by atoms with E-state index in [0.717, 1.165) is 99.4 Å². The third kappa shape index (κ3) is 13.2. The second-order valence-corrected chi connectivity index (χ2v) is 27.3. The monoisotopic (exact) mass is 1360 g/mol. The summed E-state index contributed by atoms with van der Waals surface area (Å²) in [7, 11) is -0.310. The number of hydrogen-bond acceptors (Lipinski definition) is 10. The van der Waals surface area contributed by atoms with Gasteiger partial charge in [-0.1, -0.05) is 279 Å². The lowest BCUT2D eigenvalue weighted by atomic mass is 9.78. The predicted octanol–water partition coefficient (Wildman–Crippen LogP) is 23.5. The molecular weight excluding hydrogens is 1300 g/mol. The molecule has 0 aliphatic carbocycles. The molecule has 10 nitrogen and oxygen atoms in total. The minimum Gasteiger partial charge on any atom is -0.456 e. The molecule has 14 aromatic carbocycles. The lowest BCUT2D eigenvalue weighted by Gasteiger charge is -2.32. The number of nitrogens with zero attached hydrogens (tertiary/aromatic N) is 6. The number of fused-ring (bicyclic) bond motifs is 8. The second-order valence-electron chi connectivity index (χ2n) is 27.0. The molecule has 4 aromatic heterocycles. The smallest absolute Gasteiger partial charge is 0.456 e. The molecule has 0 saturated carbocycles. The van der Waals surface area contributed by atoms with E-state index in [4.69, 9.17) is 44.7 Å². The highest BCUT2D eigenvalue weighted by atomic mass is 35.5. The minimum atomic E-state index is -0.311. The molecule has 0 spiro atoms. The summed E-state index contributed by atoms with van der Waals surface area (Å²) < 4.78 is 24.5. The van der Waals surface area contributed by atoms with Gasteiger partial charge in [0.1, 0.15) is 22.3 Å². The number of para-hydroxylation sites is 2.